The molecule has 1 amide bonds. The third-order valence-corrected chi connectivity index (χ3v) is 8.23. The predicted octanol–water partition coefficient (Wildman–Crippen LogP) is 0.910. The highest BCUT2D eigenvalue weighted by Crippen LogP contribution is 2.47. The van der Waals surface area contributed by atoms with Crippen LogP contribution in [0.15, 0.2) is 21.7 Å². The monoisotopic (exact) mass is 669 g/mol. The van der Waals surface area contributed by atoms with Gasteiger partial charge in [0.2, 0.25) is 5.91 Å². The molecule has 17 nitrogen and oxygen atoms in total. The molecule has 0 radical (unpaired) electrons. The first kappa shape index (κ1) is 38.2. The van der Waals surface area contributed by atoms with Crippen LogP contribution in [0, 0.1) is 24.7 Å². The second-order valence-corrected chi connectivity index (χ2v) is 14.0. The lowest BCUT2D eigenvalue weighted by atomic mass is 9.97. The summed E-state index contributed by atoms with van der Waals surface area (Å²) >= 11 is 0. The quantitative estimate of drug-likeness (QED) is 0.0626. The molecule has 0 saturated carbocycles. The Morgan fingerprint density at radius 3 is 2.20 bits per heavy atom. The van der Waals surface area contributed by atoms with Gasteiger partial charge in [0.25, 0.3) is 5.56 Å². The normalized spacial score (nSPS) is 13.5. The largest absolute Gasteiger partial charge is 0.509 e. The minimum absolute atomic E-state index is 0. The summed E-state index contributed by atoms with van der Waals surface area (Å²) < 4.78 is 27.9. The molecule has 2 heterocycles. The SMILES string of the molecule is C.Cc1cc2nc3c(=O)[nH]c(=O)nc-3n(CC(=O)NCCOP(=O)(O)CC(C)(C)C(=O)OC(O)(O)OC(=O)C(C)(C)C)c2cc1C. The summed E-state index contributed by atoms with van der Waals surface area (Å²) in [6.07, 6.45) is -4.46. The van der Waals surface area contributed by atoms with E-state index in [1.165, 1.54) is 39.2 Å². The molecule has 1 unspecified atom stereocenters. The van der Waals surface area contributed by atoms with Gasteiger partial charge in [-0.1, -0.05) is 7.43 Å². The van der Waals surface area contributed by atoms with Gasteiger partial charge in [0.15, 0.2) is 11.5 Å². The molecule has 254 valence electrons. The van der Waals surface area contributed by atoms with Crippen LogP contribution < -0.4 is 16.6 Å². The van der Waals surface area contributed by atoms with E-state index in [1.54, 1.807) is 12.1 Å². The van der Waals surface area contributed by atoms with E-state index in [0.29, 0.717) is 11.0 Å². The molecule has 5 N–H and O–H groups in total. The van der Waals surface area contributed by atoms with E-state index >= 15 is 0 Å². The molecule has 0 spiro atoms. The molecule has 18 heteroatoms. The van der Waals surface area contributed by atoms with Crippen LogP contribution in [0.25, 0.3) is 22.6 Å². The molecule has 1 aromatic rings. The molecule has 0 bridgehead atoms. The number of amides is 1. The summed E-state index contributed by atoms with van der Waals surface area (Å²) in [6.45, 7) is 9.17. The fraction of sp³-hybridized carbons (Fsp3) is 0.536. The Balaban J connectivity index is 0.00000736. The summed E-state index contributed by atoms with van der Waals surface area (Å²) in [5.41, 5.74) is -2.24. The van der Waals surface area contributed by atoms with Gasteiger partial charge in [-0.05, 0) is 71.7 Å². The van der Waals surface area contributed by atoms with Crippen molar-refractivity contribution in [3.05, 3.63) is 44.1 Å². The molecule has 2 aliphatic rings. The smallest absolute Gasteiger partial charge is 0.373 e. The number of ether oxygens (including phenoxy) is 2. The van der Waals surface area contributed by atoms with Gasteiger partial charge in [-0.3, -0.25) is 38.9 Å². The molecule has 1 aromatic carbocycles. The summed E-state index contributed by atoms with van der Waals surface area (Å²) in [4.78, 5) is 82.1. The fourth-order valence-electron chi connectivity index (χ4n) is 3.95. The predicted molar refractivity (Wildman–Crippen MR) is 163 cm³/mol. The molecule has 0 fully saturated rings. The number of nitrogens with zero attached hydrogens (tertiary/aromatic N) is 3. The first-order chi connectivity index (χ1) is 20.5. The third kappa shape index (κ3) is 9.50. The Morgan fingerprint density at radius 1 is 1.00 bits per heavy atom. The van der Waals surface area contributed by atoms with Crippen molar-refractivity contribution in [2.24, 2.45) is 10.8 Å². The van der Waals surface area contributed by atoms with Crippen LogP contribution in [0.1, 0.15) is 53.2 Å². The molecule has 46 heavy (non-hydrogen) atoms. The third-order valence-electron chi connectivity index (χ3n) is 6.45. The zero-order chi connectivity index (χ0) is 34.1. The topological polar surface area (TPSA) is 249 Å². The molecule has 2 aliphatic heterocycles. The number of carbonyl (C=O) groups is 3. The highest BCUT2D eigenvalue weighted by Gasteiger charge is 2.45. The van der Waals surface area contributed by atoms with Crippen LogP contribution in [0.2, 0.25) is 0 Å². The Hall–Kier alpha value is -4.02. The summed E-state index contributed by atoms with van der Waals surface area (Å²) in [5.74, 6) is -3.20. The van der Waals surface area contributed by atoms with E-state index in [-0.39, 0.29) is 25.5 Å². The van der Waals surface area contributed by atoms with Crippen LogP contribution in [-0.2, 0) is 39.5 Å². The van der Waals surface area contributed by atoms with E-state index in [1.807, 2.05) is 18.8 Å². The van der Waals surface area contributed by atoms with Crippen LogP contribution in [-0.4, -0.2) is 77.9 Å². The Kier molecular flexibility index (Phi) is 11.4. The lowest BCUT2D eigenvalue weighted by Crippen LogP contribution is -2.46. The average Bonchev–Trinajstić information content (AvgIpc) is 2.86. The first-order valence-corrected chi connectivity index (χ1v) is 15.3. The lowest BCUT2D eigenvalue weighted by molar-refractivity contribution is -0.437. The van der Waals surface area contributed by atoms with Crippen molar-refractivity contribution in [3.63, 3.8) is 0 Å². The highest BCUT2D eigenvalue weighted by molar-refractivity contribution is 7.52. The minimum atomic E-state index is -4.52. The molecular formula is C28H40N5O12P. The second kappa shape index (κ2) is 13.8. The van der Waals surface area contributed by atoms with Crippen molar-refractivity contribution in [2.45, 2.75) is 68.6 Å². The lowest BCUT2D eigenvalue weighted by Gasteiger charge is -2.29. The van der Waals surface area contributed by atoms with Crippen LogP contribution in [0.5, 0.6) is 0 Å². The van der Waals surface area contributed by atoms with Gasteiger partial charge >= 0.3 is 31.4 Å². The fourth-order valence-corrected chi connectivity index (χ4v) is 5.55. The van der Waals surface area contributed by atoms with Crippen LogP contribution >= 0.6 is 7.60 Å². The van der Waals surface area contributed by atoms with Gasteiger partial charge in [0, 0.05) is 6.54 Å². The van der Waals surface area contributed by atoms with Crippen LogP contribution in [0.3, 0.4) is 0 Å². The molecular weight excluding hydrogens is 629 g/mol. The van der Waals surface area contributed by atoms with Gasteiger partial charge in [0.1, 0.15) is 6.54 Å². The maximum absolute atomic E-state index is 12.9. The molecule has 3 rings (SSSR count). The Labute approximate surface area is 263 Å². The number of fused-ring (bicyclic) bond motifs is 2. The molecule has 0 saturated heterocycles. The summed E-state index contributed by atoms with van der Waals surface area (Å²) in [7, 11) is -4.52. The number of benzene rings is 1. The Morgan fingerprint density at radius 2 is 1.59 bits per heavy atom. The van der Waals surface area contributed by atoms with Crippen molar-refractivity contribution >= 4 is 36.5 Å². The maximum atomic E-state index is 12.9. The van der Waals surface area contributed by atoms with E-state index in [2.05, 4.69) is 24.8 Å². The van der Waals surface area contributed by atoms with E-state index < -0.39 is 73.0 Å². The summed E-state index contributed by atoms with van der Waals surface area (Å²) in [5, 5.41) is 22.1. The van der Waals surface area contributed by atoms with Crippen molar-refractivity contribution < 1.29 is 48.1 Å². The number of aromatic nitrogens is 4. The Bertz CT molecular complexity index is 1770. The van der Waals surface area contributed by atoms with Gasteiger partial charge in [-0.15, -0.1) is 0 Å². The average molecular weight is 670 g/mol. The molecule has 0 aliphatic carbocycles. The van der Waals surface area contributed by atoms with Crippen molar-refractivity contribution in [3.8, 4) is 11.5 Å². The van der Waals surface area contributed by atoms with E-state index in [0.717, 1.165) is 11.1 Å². The number of carbonyl (C=O) groups excluding carboxylic acids is 3. The van der Waals surface area contributed by atoms with E-state index in [4.69, 9.17) is 4.52 Å². The second-order valence-electron chi connectivity index (χ2n) is 12.1. The maximum Gasteiger partial charge on any atom is 0.509 e. The van der Waals surface area contributed by atoms with Crippen molar-refractivity contribution in [2.75, 3.05) is 19.3 Å². The van der Waals surface area contributed by atoms with Crippen LogP contribution in [0.4, 0.5) is 0 Å². The standard InChI is InChI=1S/C27H36N5O12P.CH4/c1-14-10-16-17(11-15(14)2)32(20-19(29-16)21(34)31-24(37)30-20)12-18(33)28-8-9-42-45(40,41)13-26(6,7)23(36)44-27(38,39)43-22(35)25(3,4)5;/h10-11,38-39H,8-9,12-13H2,1-7H3,(H,28,33)(H,40,41)(H,31,34,37);1H4. The van der Waals surface area contributed by atoms with Gasteiger partial charge in [0.05, 0.1) is 34.6 Å². The number of aryl methyl sites for hydroxylation is 2. The van der Waals surface area contributed by atoms with E-state index in [9.17, 15) is 43.6 Å². The zero-order valence-electron chi connectivity index (χ0n) is 25.8. The minimum Gasteiger partial charge on any atom is -0.373 e. The van der Waals surface area contributed by atoms with Crippen molar-refractivity contribution in [1.82, 2.24) is 24.8 Å². The number of H-pyrrole nitrogens is 1. The van der Waals surface area contributed by atoms with Gasteiger partial charge in [-0.25, -0.2) is 9.78 Å². The number of aromatic amines is 1. The number of nitrogens with one attached hydrogen (secondary N) is 2. The highest BCUT2D eigenvalue weighted by atomic mass is 31.2. The van der Waals surface area contributed by atoms with Gasteiger partial charge in [-0.2, -0.15) is 4.98 Å². The number of esters is 2. The number of rotatable bonds is 11. The molecule has 1 atom stereocenters. The molecule has 0 aromatic heterocycles. The zero-order valence-corrected chi connectivity index (χ0v) is 26.7. The van der Waals surface area contributed by atoms with Gasteiger partial charge < -0.3 is 28.8 Å². The number of hydrogen-bond donors (Lipinski definition) is 5. The first-order valence-electron chi connectivity index (χ1n) is 13.6. The van der Waals surface area contributed by atoms with Crippen molar-refractivity contribution in [1.29, 1.82) is 0 Å². The number of hydrogen-bond acceptors (Lipinski definition) is 13. The summed E-state index contributed by atoms with van der Waals surface area (Å²) in [6, 6.07) is 3.47. The number of aliphatic hydroxyl groups is 2.